The summed E-state index contributed by atoms with van der Waals surface area (Å²) in [5.74, 6) is -1.76. The fourth-order valence-corrected chi connectivity index (χ4v) is 3.61. The van der Waals surface area contributed by atoms with Gasteiger partial charge in [-0.3, -0.25) is 4.90 Å². The number of hydrogen-bond acceptors (Lipinski definition) is 5. The third kappa shape index (κ3) is 8.53. The lowest BCUT2D eigenvalue weighted by Gasteiger charge is -2.30. The molecule has 0 aromatic heterocycles. The van der Waals surface area contributed by atoms with E-state index in [2.05, 4.69) is 10.2 Å². The predicted octanol–water partition coefficient (Wildman–Crippen LogP) is 3.79. The first-order valence-corrected chi connectivity index (χ1v) is 10.5. The highest BCUT2D eigenvalue weighted by atomic mass is 19.4. The smallest absolute Gasteiger partial charge is 0.416 e. The number of aliphatic carboxylic acids is 2. The fourth-order valence-electron chi connectivity index (χ4n) is 3.61. The minimum Gasteiger partial charge on any atom is -0.496 e. The molecule has 1 atom stereocenters. The molecule has 1 aliphatic rings. The van der Waals surface area contributed by atoms with Gasteiger partial charge in [-0.25, -0.2) is 9.59 Å². The van der Waals surface area contributed by atoms with Crippen molar-refractivity contribution in [1.29, 1.82) is 0 Å². The molecule has 0 saturated carbocycles. The molecule has 34 heavy (non-hydrogen) atoms. The molecule has 1 aliphatic heterocycles. The number of para-hydroxylation sites is 1. The van der Waals surface area contributed by atoms with Gasteiger partial charge in [0.05, 0.1) is 12.7 Å². The third-order valence-electron chi connectivity index (χ3n) is 5.18. The van der Waals surface area contributed by atoms with Gasteiger partial charge in [0.1, 0.15) is 5.75 Å². The van der Waals surface area contributed by atoms with E-state index < -0.39 is 23.7 Å². The number of carboxylic acid groups (broad SMARTS) is 2. The Hall–Kier alpha value is -3.37. The number of benzene rings is 2. The maximum absolute atomic E-state index is 13.4. The SMILES string of the molecule is COc1ccccc1CN(Cc1ccccc1C(F)(F)F)[C@H]1CCNC1.O=C(O)C=CC(=O)O. The number of halogens is 3. The van der Waals surface area contributed by atoms with Crippen LogP contribution in [-0.4, -0.2) is 53.3 Å². The average molecular weight is 480 g/mol. The minimum atomic E-state index is -4.35. The first kappa shape index (κ1) is 26.9. The summed E-state index contributed by atoms with van der Waals surface area (Å²) in [5.41, 5.74) is 0.726. The van der Waals surface area contributed by atoms with Gasteiger partial charge in [-0.15, -0.1) is 0 Å². The van der Waals surface area contributed by atoms with Crippen LogP contribution in [0.3, 0.4) is 0 Å². The van der Waals surface area contributed by atoms with Crippen LogP contribution in [0.15, 0.2) is 60.7 Å². The maximum atomic E-state index is 13.4. The molecule has 2 aromatic carbocycles. The molecule has 184 valence electrons. The van der Waals surface area contributed by atoms with Gasteiger partial charge in [0.25, 0.3) is 0 Å². The van der Waals surface area contributed by atoms with Crippen LogP contribution in [0.2, 0.25) is 0 Å². The van der Waals surface area contributed by atoms with E-state index in [0.29, 0.717) is 24.3 Å². The summed E-state index contributed by atoms with van der Waals surface area (Å²) in [6, 6.07) is 13.7. The molecule has 7 nitrogen and oxygen atoms in total. The number of nitrogens with zero attached hydrogens (tertiary/aromatic N) is 1. The topological polar surface area (TPSA) is 99.1 Å². The van der Waals surface area contributed by atoms with Gasteiger partial charge in [-0.05, 0) is 30.7 Å². The van der Waals surface area contributed by atoms with Crippen LogP contribution >= 0.6 is 0 Å². The summed E-state index contributed by atoms with van der Waals surface area (Å²) in [6.07, 6.45) is -2.31. The Kier molecular flexibility index (Phi) is 10.1. The zero-order valence-corrected chi connectivity index (χ0v) is 18.6. The van der Waals surface area contributed by atoms with Crippen molar-refractivity contribution in [3.8, 4) is 5.75 Å². The number of carbonyl (C=O) groups is 2. The molecule has 2 aromatic rings. The molecule has 10 heteroatoms. The Bertz CT molecular complexity index is 973. The normalized spacial score (nSPS) is 15.7. The van der Waals surface area contributed by atoms with E-state index in [-0.39, 0.29) is 12.6 Å². The second kappa shape index (κ2) is 12.8. The molecule has 1 fully saturated rings. The first-order chi connectivity index (χ1) is 16.1. The maximum Gasteiger partial charge on any atom is 0.416 e. The van der Waals surface area contributed by atoms with Crippen LogP contribution in [0.5, 0.6) is 5.75 Å². The summed E-state index contributed by atoms with van der Waals surface area (Å²) >= 11 is 0. The van der Waals surface area contributed by atoms with Crippen LogP contribution < -0.4 is 10.1 Å². The Morgan fingerprint density at radius 1 is 1.03 bits per heavy atom. The monoisotopic (exact) mass is 480 g/mol. The zero-order valence-electron chi connectivity index (χ0n) is 18.6. The number of alkyl halides is 3. The summed E-state index contributed by atoms with van der Waals surface area (Å²) < 4.78 is 45.5. The summed E-state index contributed by atoms with van der Waals surface area (Å²) in [7, 11) is 1.61. The van der Waals surface area contributed by atoms with Gasteiger partial charge in [0.2, 0.25) is 0 Å². The van der Waals surface area contributed by atoms with Gasteiger partial charge in [-0.1, -0.05) is 36.4 Å². The molecule has 0 radical (unpaired) electrons. The Labute approximate surface area is 195 Å². The highest BCUT2D eigenvalue weighted by molar-refractivity contribution is 5.89. The molecule has 0 unspecified atom stereocenters. The third-order valence-corrected chi connectivity index (χ3v) is 5.18. The molecule has 0 aliphatic carbocycles. The van der Waals surface area contributed by atoms with Gasteiger partial charge < -0.3 is 20.3 Å². The van der Waals surface area contributed by atoms with Crippen LogP contribution in [-0.2, 0) is 28.9 Å². The van der Waals surface area contributed by atoms with Crippen molar-refractivity contribution in [1.82, 2.24) is 10.2 Å². The molecule has 3 N–H and O–H groups in total. The van der Waals surface area contributed by atoms with Crippen LogP contribution in [0.25, 0.3) is 0 Å². The summed E-state index contributed by atoms with van der Waals surface area (Å²) in [5, 5.41) is 18.9. The molecule has 0 bridgehead atoms. The van der Waals surface area contributed by atoms with Crippen molar-refractivity contribution in [2.45, 2.75) is 31.7 Å². The Morgan fingerprint density at radius 3 is 2.12 bits per heavy atom. The number of rotatable bonds is 8. The highest BCUT2D eigenvalue weighted by Gasteiger charge is 2.34. The highest BCUT2D eigenvalue weighted by Crippen LogP contribution is 2.33. The zero-order chi connectivity index (χ0) is 25.1. The van der Waals surface area contributed by atoms with E-state index in [9.17, 15) is 22.8 Å². The van der Waals surface area contributed by atoms with Gasteiger partial charge in [0, 0.05) is 43.4 Å². The van der Waals surface area contributed by atoms with Gasteiger partial charge >= 0.3 is 18.1 Å². The molecule has 0 amide bonds. The van der Waals surface area contributed by atoms with Gasteiger partial charge in [0.15, 0.2) is 0 Å². The van der Waals surface area contributed by atoms with Crippen LogP contribution in [0.4, 0.5) is 13.2 Å². The number of carboxylic acids is 2. The lowest BCUT2D eigenvalue weighted by Crippen LogP contribution is -2.36. The lowest BCUT2D eigenvalue weighted by atomic mass is 10.0. The molecule has 3 rings (SSSR count). The largest absolute Gasteiger partial charge is 0.496 e. The second-order valence-corrected chi connectivity index (χ2v) is 7.53. The van der Waals surface area contributed by atoms with Crippen molar-refractivity contribution in [3.63, 3.8) is 0 Å². The van der Waals surface area contributed by atoms with Crippen LogP contribution in [0, 0.1) is 0 Å². The first-order valence-electron chi connectivity index (χ1n) is 10.5. The van der Waals surface area contributed by atoms with Crippen molar-refractivity contribution < 1.29 is 37.7 Å². The second-order valence-electron chi connectivity index (χ2n) is 7.53. The standard InChI is InChI=1S/C20H23F3N2O.C4H4O4/c1-26-19-9-5-3-7-16(19)14-25(17-10-11-24-12-17)13-15-6-2-4-8-18(15)20(21,22)23;5-3(6)1-2-4(7)8/h2-9,17,24H,10-14H2,1H3;1-2H,(H,5,6)(H,7,8)/t17-;/m0./s1. The Morgan fingerprint density at radius 2 is 1.59 bits per heavy atom. The van der Waals surface area contributed by atoms with E-state index >= 15 is 0 Å². The summed E-state index contributed by atoms with van der Waals surface area (Å²) in [4.78, 5) is 21.2. The van der Waals surface area contributed by atoms with E-state index in [1.165, 1.54) is 6.07 Å². The number of hydrogen-bond donors (Lipinski definition) is 3. The van der Waals surface area contributed by atoms with E-state index in [0.717, 1.165) is 36.9 Å². The lowest BCUT2D eigenvalue weighted by molar-refractivity contribution is -0.138. The number of ether oxygens (including phenoxy) is 1. The van der Waals surface area contributed by atoms with Crippen molar-refractivity contribution >= 4 is 11.9 Å². The van der Waals surface area contributed by atoms with E-state index in [1.807, 2.05) is 24.3 Å². The van der Waals surface area contributed by atoms with E-state index in [1.54, 1.807) is 19.2 Å². The quantitative estimate of drug-likeness (QED) is 0.495. The predicted molar refractivity (Wildman–Crippen MR) is 119 cm³/mol. The van der Waals surface area contributed by atoms with Crippen molar-refractivity contribution in [2.75, 3.05) is 20.2 Å². The van der Waals surface area contributed by atoms with Gasteiger partial charge in [-0.2, -0.15) is 13.2 Å². The Balaban J connectivity index is 0.000000440. The molecular formula is C24H27F3N2O5. The van der Waals surface area contributed by atoms with E-state index in [4.69, 9.17) is 14.9 Å². The fraction of sp³-hybridized carbons (Fsp3) is 0.333. The van der Waals surface area contributed by atoms with Crippen LogP contribution in [0.1, 0.15) is 23.1 Å². The number of methoxy groups -OCH3 is 1. The molecule has 1 saturated heterocycles. The van der Waals surface area contributed by atoms with Crippen molar-refractivity contribution in [3.05, 3.63) is 77.4 Å². The number of nitrogens with one attached hydrogen (secondary N) is 1. The average Bonchev–Trinajstić information content (AvgIpc) is 3.33. The molecular weight excluding hydrogens is 453 g/mol. The molecule has 1 heterocycles. The summed E-state index contributed by atoms with van der Waals surface area (Å²) in [6.45, 7) is 2.46. The molecule has 0 spiro atoms. The van der Waals surface area contributed by atoms with Crippen molar-refractivity contribution in [2.24, 2.45) is 0 Å². The minimum absolute atomic E-state index is 0.196.